The van der Waals surface area contributed by atoms with Gasteiger partial charge in [-0.3, -0.25) is 38.4 Å². The number of likely N-dealkylation sites (tertiary alicyclic amines) is 1. The summed E-state index contributed by atoms with van der Waals surface area (Å²) >= 11 is 1.72. The number of amides is 1. The standard InChI is InChI=1S/C23H38N2O2S.C14H22N2O4.C13H20N2O5/c1-23(2,3)11-16-28-19-22(26)24-12-8-15-27-21-10-7-9-20(17-21)18-25-13-5-4-6-14-25;1-8-7-16(13(19)15-12(8)18)11-5-9(17)10(20-11)6-14(2,3)4;1-13(2,3)6-7-9(17)10(18)11(20-7)15-5-4-8(16)14-12(15)19/h7,9-10,17H,4-6,8,11-16,18-19H2,1-3H3,(H,24,26);7,9-11,17H,5-6H2,1-4H3,(H,15,18,19);4-5,7,9-11,17-18H,6H2,1-3H3,(H,14,16,19). The van der Waals surface area contributed by atoms with E-state index >= 15 is 0 Å². The summed E-state index contributed by atoms with van der Waals surface area (Å²) in [7, 11) is 0. The van der Waals surface area contributed by atoms with Crippen LogP contribution >= 0.6 is 11.8 Å². The molecular weight excluding hydrogens is 893 g/mol. The molecule has 3 aliphatic heterocycles. The summed E-state index contributed by atoms with van der Waals surface area (Å²) in [6.45, 7) is 25.3. The van der Waals surface area contributed by atoms with Crippen molar-refractivity contribution in [2.45, 2.75) is 170 Å². The minimum absolute atomic E-state index is 0.0341. The molecule has 382 valence electrons. The Kier molecular flexibility index (Phi) is 21.4. The van der Waals surface area contributed by atoms with Crippen molar-refractivity contribution in [2.75, 3.05) is 37.7 Å². The van der Waals surface area contributed by atoms with Gasteiger partial charge in [-0.15, -0.1) is 0 Å². The molecule has 68 heavy (non-hydrogen) atoms. The molecule has 3 fully saturated rings. The van der Waals surface area contributed by atoms with E-state index in [1.807, 2.05) is 26.8 Å². The highest BCUT2D eigenvalue weighted by Gasteiger charge is 2.45. The van der Waals surface area contributed by atoms with Crippen molar-refractivity contribution >= 4 is 17.7 Å². The molecule has 1 amide bonds. The van der Waals surface area contributed by atoms with Crippen LogP contribution in [0, 0.1) is 23.2 Å². The lowest BCUT2D eigenvalue weighted by atomic mass is 9.87. The van der Waals surface area contributed by atoms with Crippen molar-refractivity contribution in [2.24, 2.45) is 16.2 Å². The van der Waals surface area contributed by atoms with Crippen LogP contribution in [0.2, 0.25) is 0 Å². The van der Waals surface area contributed by atoms with E-state index in [0.717, 1.165) is 35.5 Å². The lowest BCUT2D eigenvalue weighted by Gasteiger charge is -2.26. The molecule has 3 aromatic rings. The highest BCUT2D eigenvalue weighted by molar-refractivity contribution is 7.99. The fourth-order valence-corrected chi connectivity index (χ4v) is 9.21. The Morgan fingerprint density at radius 3 is 2.15 bits per heavy atom. The van der Waals surface area contributed by atoms with Gasteiger partial charge in [0, 0.05) is 43.5 Å². The first-order chi connectivity index (χ1) is 31.8. The molecule has 18 heteroatoms. The van der Waals surface area contributed by atoms with Gasteiger partial charge in [0.25, 0.3) is 11.1 Å². The van der Waals surface area contributed by atoms with E-state index in [2.05, 4.69) is 79.9 Å². The number of H-pyrrole nitrogens is 2. The van der Waals surface area contributed by atoms with Crippen molar-refractivity contribution in [3.05, 3.63) is 95.5 Å². The summed E-state index contributed by atoms with van der Waals surface area (Å²) in [5.41, 5.74) is -0.0444. The lowest BCUT2D eigenvalue weighted by Crippen LogP contribution is -2.37. The van der Waals surface area contributed by atoms with Crippen LogP contribution in [0.25, 0.3) is 0 Å². The van der Waals surface area contributed by atoms with E-state index in [1.165, 1.54) is 60.9 Å². The van der Waals surface area contributed by atoms with Gasteiger partial charge < -0.3 is 34.8 Å². The van der Waals surface area contributed by atoms with Crippen molar-refractivity contribution in [3.8, 4) is 5.75 Å². The number of rotatable bonds is 15. The molecular formula is C50H80N6O11S. The summed E-state index contributed by atoms with van der Waals surface area (Å²) in [5, 5.41) is 33.2. The zero-order chi connectivity index (χ0) is 50.4. The maximum atomic E-state index is 11.9. The highest BCUT2D eigenvalue weighted by atomic mass is 32.2. The van der Waals surface area contributed by atoms with Crippen molar-refractivity contribution < 1.29 is 34.3 Å². The van der Waals surface area contributed by atoms with E-state index in [9.17, 15) is 39.3 Å². The summed E-state index contributed by atoms with van der Waals surface area (Å²) in [5.74, 6) is 2.64. The quantitative estimate of drug-likeness (QED) is 0.107. The number of piperidine rings is 1. The third kappa shape index (κ3) is 19.4. The van der Waals surface area contributed by atoms with Gasteiger partial charge in [0.1, 0.15) is 24.2 Å². The molecule has 0 bridgehead atoms. The minimum Gasteiger partial charge on any atom is -0.494 e. The van der Waals surface area contributed by atoms with Crippen LogP contribution < -0.4 is 32.6 Å². The number of nitrogens with one attached hydrogen (secondary N) is 3. The number of thioether (sulfide) groups is 1. The average molecular weight is 973 g/mol. The number of carbonyl (C=O) groups is 1. The molecule has 0 saturated carbocycles. The Bertz CT molecular complexity index is 2270. The number of hydrogen-bond donors (Lipinski definition) is 6. The number of aromatic nitrogens is 4. The van der Waals surface area contributed by atoms with E-state index in [-0.39, 0.29) is 22.8 Å². The first-order valence-corrected chi connectivity index (χ1v) is 25.2. The molecule has 2 aromatic heterocycles. The van der Waals surface area contributed by atoms with Gasteiger partial charge in [-0.1, -0.05) is 80.9 Å². The number of hydrogen-bond acceptors (Lipinski definition) is 13. The summed E-state index contributed by atoms with van der Waals surface area (Å²) in [4.78, 5) is 64.7. The monoisotopic (exact) mass is 973 g/mol. The Labute approximate surface area is 405 Å². The molecule has 17 nitrogen and oxygen atoms in total. The first-order valence-electron chi connectivity index (χ1n) is 24.1. The molecule has 6 N–H and O–H groups in total. The SMILES string of the molecule is CC(C)(C)CC1OC(n2ccc(=O)[nH]c2=O)C(O)C1O.CC(C)(C)CCSCC(=O)NCCCOc1cccc(CN2CCCCC2)c1.Cc1cn(C2CC(O)C(CC(C)(C)C)O2)c(=O)[nH]c1=O. The molecule has 1 aromatic carbocycles. The molecule has 3 aliphatic rings. The molecule has 7 atom stereocenters. The van der Waals surface area contributed by atoms with Crippen LogP contribution in [0.1, 0.15) is 137 Å². The topological polar surface area (TPSA) is 230 Å². The summed E-state index contributed by atoms with van der Waals surface area (Å²) in [6, 6.07) is 9.59. The Hall–Kier alpha value is -4.04. The minimum atomic E-state index is -1.22. The molecule has 0 aliphatic carbocycles. The van der Waals surface area contributed by atoms with Crippen LogP contribution in [-0.2, 0) is 20.8 Å². The zero-order valence-electron chi connectivity index (χ0n) is 42.0. The van der Waals surface area contributed by atoms with Crippen molar-refractivity contribution in [1.29, 1.82) is 0 Å². The lowest BCUT2D eigenvalue weighted by molar-refractivity contribution is -0.118. The molecule has 0 spiro atoms. The van der Waals surface area contributed by atoms with Gasteiger partial charge in [-0.2, -0.15) is 11.8 Å². The largest absolute Gasteiger partial charge is 0.494 e. The van der Waals surface area contributed by atoms with Crippen LogP contribution in [0.3, 0.4) is 0 Å². The van der Waals surface area contributed by atoms with E-state index < -0.39 is 59.4 Å². The summed E-state index contributed by atoms with van der Waals surface area (Å²) < 4.78 is 19.7. The first kappa shape index (κ1) is 56.5. The van der Waals surface area contributed by atoms with Gasteiger partial charge >= 0.3 is 11.4 Å². The van der Waals surface area contributed by atoms with E-state index in [0.29, 0.717) is 49.1 Å². The number of carbonyl (C=O) groups excluding carboxylic acids is 1. The Balaban J connectivity index is 0.000000227. The van der Waals surface area contributed by atoms with Crippen molar-refractivity contribution in [3.63, 3.8) is 0 Å². The number of ether oxygens (including phenoxy) is 3. The third-order valence-electron chi connectivity index (χ3n) is 11.6. The second kappa shape index (κ2) is 25.7. The maximum Gasteiger partial charge on any atom is 0.330 e. The number of benzene rings is 1. The Morgan fingerprint density at radius 2 is 1.50 bits per heavy atom. The van der Waals surface area contributed by atoms with Crippen LogP contribution in [0.4, 0.5) is 0 Å². The van der Waals surface area contributed by atoms with Gasteiger partial charge in [-0.25, -0.2) is 9.59 Å². The number of aliphatic hydroxyl groups is 3. The molecule has 7 unspecified atom stereocenters. The smallest absolute Gasteiger partial charge is 0.330 e. The maximum absolute atomic E-state index is 11.9. The number of aliphatic hydroxyl groups excluding tert-OH is 3. The van der Waals surface area contributed by atoms with Crippen LogP contribution in [0.5, 0.6) is 5.75 Å². The zero-order valence-corrected chi connectivity index (χ0v) is 42.9. The van der Waals surface area contributed by atoms with E-state index in [4.69, 9.17) is 14.2 Å². The summed E-state index contributed by atoms with van der Waals surface area (Å²) in [6.07, 6.45) is 5.04. The second-order valence-electron chi connectivity index (χ2n) is 21.9. The fraction of sp³-hybridized carbons (Fsp3) is 0.700. The third-order valence-corrected chi connectivity index (χ3v) is 12.6. The average Bonchev–Trinajstić information content (AvgIpc) is 3.72. The number of aromatic amines is 2. The van der Waals surface area contributed by atoms with Crippen LogP contribution in [-0.4, -0.2) is 113 Å². The van der Waals surface area contributed by atoms with Gasteiger partial charge in [0.2, 0.25) is 5.91 Å². The normalized spacial score (nSPS) is 23.3. The van der Waals surface area contributed by atoms with Crippen molar-refractivity contribution in [1.82, 2.24) is 29.3 Å². The van der Waals surface area contributed by atoms with Gasteiger partial charge in [-0.05, 0) is 98.2 Å². The predicted octanol–water partition coefficient (Wildman–Crippen LogP) is 5.25. The highest BCUT2D eigenvalue weighted by Crippen LogP contribution is 2.36. The molecule has 3 saturated heterocycles. The molecule has 5 heterocycles. The predicted molar refractivity (Wildman–Crippen MR) is 266 cm³/mol. The number of aryl methyl sites for hydroxylation is 1. The van der Waals surface area contributed by atoms with Crippen LogP contribution in [0.15, 0.2) is 61.9 Å². The number of nitrogens with zero attached hydrogens (tertiary/aromatic N) is 3. The van der Waals surface area contributed by atoms with E-state index in [1.54, 1.807) is 18.7 Å². The Morgan fingerprint density at radius 1 is 0.838 bits per heavy atom. The molecule has 6 rings (SSSR count). The van der Waals surface area contributed by atoms with Gasteiger partial charge in [0.05, 0.1) is 30.7 Å². The fourth-order valence-electron chi connectivity index (χ4n) is 8.03. The molecule has 0 radical (unpaired) electrons. The second-order valence-corrected chi connectivity index (χ2v) is 23.0. The van der Waals surface area contributed by atoms with Gasteiger partial charge in [0.15, 0.2) is 6.23 Å².